The predicted octanol–water partition coefficient (Wildman–Crippen LogP) is 2.00. The quantitative estimate of drug-likeness (QED) is 0.452. The van der Waals surface area contributed by atoms with E-state index in [1.54, 1.807) is 24.3 Å². The zero-order valence-corrected chi connectivity index (χ0v) is 19.2. The molecule has 0 unspecified atom stereocenters. The molecule has 1 aliphatic heterocycles. The highest BCUT2D eigenvalue weighted by Crippen LogP contribution is 2.25. The second kappa shape index (κ2) is 10.1. The number of nitrogens with one attached hydrogen (secondary N) is 3. The maximum Gasteiger partial charge on any atom is 0.313 e. The number of benzene rings is 1. The zero-order valence-electron chi connectivity index (χ0n) is 17.6. The Balaban J connectivity index is 1.38. The number of likely N-dealkylation sites (N-methyl/N-ethyl adjacent to an activating group) is 1. The molecular formula is C21H21ClN6O4S. The lowest BCUT2D eigenvalue weighted by molar-refractivity contribution is -0.136. The van der Waals surface area contributed by atoms with Crippen LogP contribution in [0, 0.1) is 0 Å². The number of nitrogens with zero attached hydrogens (tertiary/aromatic N) is 3. The fourth-order valence-electron chi connectivity index (χ4n) is 3.26. The second-order valence-corrected chi connectivity index (χ2v) is 9.00. The van der Waals surface area contributed by atoms with Crippen molar-refractivity contribution in [3.05, 3.63) is 63.2 Å². The summed E-state index contributed by atoms with van der Waals surface area (Å²) in [4.78, 5) is 48.9. The molecule has 2 aromatic heterocycles. The van der Waals surface area contributed by atoms with Gasteiger partial charge in [-0.3, -0.25) is 14.4 Å². The van der Waals surface area contributed by atoms with Gasteiger partial charge in [-0.05, 0) is 37.7 Å². The Morgan fingerprint density at radius 1 is 1.24 bits per heavy atom. The third-order valence-corrected chi connectivity index (χ3v) is 6.40. The Morgan fingerprint density at radius 3 is 2.76 bits per heavy atom. The number of aromatic nitrogens is 2. The summed E-state index contributed by atoms with van der Waals surface area (Å²) in [5, 5.41) is 8.65. The molecule has 0 aliphatic carbocycles. The molecule has 0 fully saturated rings. The van der Waals surface area contributed by atoms with Crippen LogP contribution >= 0.6 is 22.9 Å². The lowest BCUT2D eigenvalue weighted by atomic mass is 10.2. The highest BCUT2D eigenvalue weighted by molar-refractivity contribution is 7.13. The monoisotopic (exact) mass is 488 g/mol. The van der Waals surface area contributed by atoms with Crippen LogP contribution in [0.4, 0.5) is 5.69 Å². The summed E-state index contributed by atoms with van der Waals surface area (Å²) in [6, 6.07) is 5.61. The Labute approximate surface area is 198 Å². The molecule has 33 heavy (non-hydrogen) atoms. The molecule has 0 spiro atoms. The van der Waals surface area contributed by atoms with Crippen LogP contribution in [-0.2, 0) is 22.6 Å². The first kappa shape index (κ1) is 22.9. The van der Waals surface area contributed by atoms with Crippen molar-refractivity contribution in [2.24, 2.45) is 0 Å². The Morgan fingerprint density at radius 2 is 2.03 bits per heavy atom. The number of thiazole rings is 1. The van der Waals surface area contributed by atoms with Crippen molar-refractivity contribution in [3.8, 4) is 0 Å². The van der Waals surface area contributed by atoms with Crippen LogP contribution in [0.25, 0.3) is 0 Å². The maximum absolute atomic E-state index is 12.9. The van der Waals surface area contributed by atoms with Gasteiger partial charge in [0.25, 0.3) is 5.91 Å². The first-order valence-corrected chi connectivity index (χ1v) is 11.3. The van der Waals surface area contributed by atoms with E-state index in [0.717, 1.165) is 23.5 Å². The minimum absolute atomic E-state index is 0.0817. The molecule has 0 saturated heterocycles. The SMILES string of the molecule is CN1CCc2sc(C(=O)N[C@@H](CNC(=O)C(=O)Nc3ccc(Cl)cc3)c3cnco3)nc2C1. The number of hydrogen-bond acceptors (Lipinski definition) is 8. The number of hydrogen-bond donors (Lipinski definition) is 3. The molecule has 3 N–H and O–H groups in total. The van der Waals surface area contributed by atoms with E-state index in [2.05, 4.69) is 30.8 Å². The average molecular weight is 489 g/mol. The second-order valence-electron chi connectivity index (χ2n) is 7.48. The van der Waals surface area contributed by atoms with Gasteiger partial charge >= 0.3 is 11.8 Å². The summed E-state index contributed by atoms with van der Waals surface area (Å²) in [6.45, 7) is 1.53. The van der Waals surface area contributed by atoms with Crippen molar-refractivity contribution in [2.45, 2.75) is 19.0 Å². The van der Waals surface area contributed by atoms with Gasteiger partial charge in [0, 0.05) is 35.2 Å². The molecule has 3 amide bonds. The highest BCUT2D eigenvalue weighted by Gasteiger charge is 2.25. The Bertz CT molecular complexity index is 1150. The molecule has 1 atom stereocenters. The highest BCUT2D eigenvalue weighted by atomic mass is 35.5. The average Bonchev–Trinajstić information content (AvgIpc) is 3.47. The fourth-order valence-corrected chi connectivity index (χ4v) is 4.35. The van der Waals surface area contributed by atoms with Crippen molar-refractivity contribution < 1.29 is 18.8 Å². The van der Waals surface area contributed by atoms with Gasteiger partial charge in [0.15, 0.2) is 11.4 Å². The number of oxazole rings is 1. The van der Waals surface area contributed by atoms with E-state index in [1.165, 1.54) is 23.9 Å². The summed E-state index contributed by atoms with van der Waals surface area (Å²) in [7, 11) is 2.01. The smallest absolute Gasteiger partial charge is 0.313 e. The standard InChI is InChI=1S/C21H21ClN6O4S/c1-28-7-6-17-15(10-28)27-21(33-17)20(31)26-14(16-9-23-11-32-16)8-24-18(29)19(30)25-13-4-2-12(22)3-5-13/h2-5,9,11,14H,6-8,10H2,1H3,(H,24,29)(H,25,30)(H,26,31)/t14-/m0/s1. The molecular weight excluding hydrogens is 468 g/mol. The number of carbonyl (C=O) groups is 3. The molecule has 1 aliphatic rings. The molecule has 172 valence electrons. The lowest BCUT2D eigenvalue weighted by Gasteiger charge is -2.20. The van der Waals surface area contributed by atoms with Crippen molar-refractivity contribution in [3.63, 3.8) is 0 Å². The predicted molar refractivity (Wildman–Crippen MR) is 122 cm³/mol. The fraction of sp³-hybridized carbons (Fsp3) is 0.286. The van der Waals surface area contributed by atoms with Crippen molar-refractivity contribution in [1.82, 2.24) is 25.5 Å². The van der Waals surface area contributed by atoms with Gasteiger partial charge < -0.3 is 25.3 Å². The van der Waals surface area contributed by atoms with Gasteiger partial charge in [-0.25, -0.2) is 9.97 Å². The van der Waals surface area contributed by atoms with Crippen LogP contribution < -0.4 is 16.0 Å². The molecule has 3 aromatic rings. The molecule has 12 heteroatoms. The van der Waals surface area contributed by atoms with Gasteiger partial charge in [0.1, 0.15) is 11.8 Å². The number of fused-ring (bicyclic) bond motifs is 1. The molecule has 4 rings (SSSR count). The minimum atomic E-state index is -0.864. The van der Waals surface area contributed by atoms with Gasteiger partial charge in [0.2, 0.25) is 0 Å². The topological polar surface area (TPSA) is 129 Å². The molecule has 1 aromatic carbocycles. The largest absolute Gasteiger partial charge is 0.446 e. The lowest BCUT2D eigenvalue weighted by Crippen LogP contribution is -2.41. The van der Waals surface area contributed by atoms with Crippen LogP contribution in [-0.4, -0.2) is 52.7 Å². The van der Waals surface area contributed by atoms with Crippen LogP contribution in [0.2, 0.25) is 5.02 Å². The van der Waals surface area contributed by atoms with E-state index in [1.807, 2.05) is 7.05 Å². The van der Waals surface area contributed by atoms with Crippen molar-refractivity contribution >= 4 is 46.3 Å². The summed E-state index contributed by atoms with van der Waals surface area (Å²) in [5.74, 6) is -1.77. The van der Waals surface area contributed by atoms with Crippen LogP contribution in [0.3, 0.4) is 0 Å². The number of carbonyl (C=O) groups excluding carboxylic acids is 3. The third kappa shape index (κ3) is 5.75. The van der Waals surface area contributed by atoms with E-state index in [4.69, 9.17) is 16.0 Å². The van der Waals surface area contributed by atoms with Gasteiger partial charge in [0.05, 0.1) is 11.9 Å². The van der Waals surface area contributed by atoms with E-state index in [0.29, 0.717) is 28.0 Å². The number of amides is 3. The minimum Gasteiger partial charge on any atom is -0.446 e. The van der Waals surface area contributed by atoms with E-state index in [9.17, 15) is 14.4 Å². The number of halogens is 1. The number of anilines is 1. The Hall–Kier alpha value is -3.28. The molecule has 0 bridgehead atoms. The molecule has 3 heterocycles. The third-order valence-electron chi connectivity index (χ3n) is 4.99. The van der Waals surface area contributed by atoms with Gasteiger partial charge in [-0.2, -0.15) is 0 Å². The van der Waals surface area contributed by atoms with Crippen LogP contribution in [0.15, 0.2) is 41.3 Å². The van der Waals surface area contributed by atoms with Crippen molar-refractivity contribution in [1.29, 1.82) is 0 Å². The summed E-state index contributed by atoms with van der Waals surface area (Å²) >= 11 is 7.18. The Kier molecular flexibility index (Phi) is 7.02. The van der Waals surface area contributed by atoms with E-state index >= 15 is 0 Å². The van der Waals surface area contributed by atoms with E-state index in [-0.39, 0.29) is 6.54 Å². The molecule has 0 radical (unpaired) electrons. The molecule has 10 nitrogen and oxygen atoms in total. The van der Waals surface area contributed by atoms with Gasteiger partial charge in [-0.15, -0.1) is 11.3 Å². The summed E-state index contributed by atoms with van der Waals surface area (Å²) in [5.41, 5.74) is 1.33. The van der Waals surface area contributed by atoms with Crippen LogP contribution in [0.1, 0.15) is 32.2 Å². The number of rotatable bonds is 6. The van der Waals surface area contributed by atoms with Gasteiger partial charge in [-0.1, -0.05) is 11.6 Å². The van der Waals surface area contributed by atoms with Crippen LogP contribution in [0.5, 0.6) is 0 Å². The molecule has 0 saturated carbocycles. The first-order chi connectivity index (χ1) is 15.9. The summed E-state index contributed by atoms with van der Waals surface area (Å²) < 4.78 is 5.31. The normalized spacial score (nSPS) is 14.2. The van der Waals surface area contributed by atoms with E-state index < -0.39 is 23.8 Å². The zero-order chi connectivity index (χ0) is 23.4. The maximum atomic E-state index is 12.9. The van der Waals surface area contributed by atoms with Crippen molar-refractivity contribution in [2.75, 3.05) is 25.5 Å². The summed E-state index contributed by atoms with van der Waals surface area (Å²) in [6.07, 6.45) is 3.51. The first-order valence-electron chi connectivity index (χ1n) is 10.1.